The third-order valence-corrected chi connectivity index (χ3v) is 3.68. The number of nitrogens with one attached hydrogen (secondary N) is 1. The van der Waals surface area contributed by atoms with Crippen molar-refractivity contribution in [2.75, 3.05) is 0 Å². The number of phenols is 1. The molecule has 0 aliphatic rings. The van der Waals surface area contributed by atoms with Crippen molar-refractivity contribution in [3.8, 4) is 5.75 Å². The van der Waals surface area contributed by atoms with Crippen LogP contribution in [-0.4, -0.2) is 25.0 Å². The van der Waals surface area contributed by atoms with Gasteiger partial charge >= 0.3 is 11.4 Å². The number of hydrogen-bond acceptors (Lipinski definition) is 9. The highest BCUT2D eigenvalue weighted by atomic mass is 32.2. The molecule has 142 valence electrons. The number of nitrogens with two attached hydrogens (primary N) is 1. The summed E-state index contributed by atoms with van der Waals surface area (Å²) >= 11 is 1.35. The van der Waals surface area contributed by atoms with Gasteiger partial charge in [-0.1, -0.05) is 42.1 Å². The van der Waals surface area contributed by atoms with Gasteiger partial charge in [0.05, 0.1) is 26.9 Å². The Bertz CT molecular complexity index is 840. The molecule has 0 fully saturated rings. The molecule has 0 saturated heterocycles. The molecular weight excluding hydrogens is 382 g/mol. The van der Waals surface area contributed by atoms with Gasteiger partial charge in [0, 0.05) is 5.75 Å². The molecule has 0 saturated carbocycles. The van der Waals surface area contributed by atoms with Crippen molar-refractivity contribution in [2.24, 2.45) is 5.73 Å². The number of aromatic hydroxyl groups is 1. The zero-order valence-corrected chi connectivity index (χ0v) is 14.3. The molecule has 0 radical (unpaired) electrons. The quantitative estimate of drug-likeness (QED) is 0.294. The molecule has 2 aromatic carbocycles. The van der Waals surface area contributed by atoms with Crippen LogP contribution >= 0.6 is 11.8 Å². The minimum atomic E-state index is -1.21. The maximum atomic E-state index is 10.4. The smallest absolute Gasteiger partial charge is 0.324 e. The Morgan fingerprint density at radius 3 is 1.85 bits per heavy atom. The first-order valence-electron chi connectivity index (χ1n) is 6.94. The molecule has 2 aromatic rings. The van der Waals surface area contributed by atoms with Gasteiger partial charge in [-0.15, -0.1) is 0 Å². The number of amidine groups is 1. The lowest BCUT2D eigenvalue weighted by Gasteiger charge is -1.97. The van der Waals surface area contributed by atoms with Crippen LogP contribution in [0.5, 0.6) is 5.75 Å². The normalized spacial score (nSPS) is 9.63. The third-order valence-electron chi connectivity index (χ3n) is 2.90. The van der Waals surface area contributed by atoms with Crippen LogP contribution in [0, 0.1) is 35.8 Å². The minimum Gasteiger partial charge on any atom is -0.497 e. The van der Waals surface area contributed by atoms with E-state index in [1.807, 2.05) is 30.3 Å². The summed E-state index contributed by atoms with van der Waals surface area (Å²) in [6.45, 7) is 0. The van der Waals surface area contributed by atoms with Gasteiger partial charge < -0.3 is 10.8 Å². The maximum absolute atomic E-state index is 10.4. The van der Waals surface area contributed by atoms with Crippen LogP contribution < -0.4 is 5.73 Å². The van der Waals surface area contributed by atoms with Crippen molar-refractivity contribution in [1.82, 2.24) is 0 Å². The van der Waals surface area contributed by atoms with E-state index >= 15 is 0 Å². The van der Waals surface area contributed by atoms with Crippen LogP contribution in [0.15, 0.2) is 42.5 Å². The minimum absolute atomic E-state index is 0.175. The van der Waals surface area contributed by atoms with Crippen molar-refractivity contribution >= 4 is 34.0 Å². The molecule has 4 N–H and O–H groups in total. The van der Waals surface area contributed by atoms with E-state index in [-0.39, 0.29) is 5.17 Å². The molecule has 0 aliphatic heterocycles. The molecule has 0 bridgehead atoms. The summed E-state index contributed by atoms with van der Waals surface area (Å²) in [4.78, 5) is 27.8. The zero-order valence-electron chi connectivity index (χ0n) is 13.5. The van der Waals surface area contributed by atoms with E-state index in [0.29, 0.717) is 12.1 Å². The second-order valence-corrected chi connectivity index (χ2v) is 5.76. The number of nitro groups is 3. The highest BCUT2D eigenvalue weighted by molar-refractivity contribution is 8.13. The summed E-state index contributed by atoms with van der Waals surface area (Å²) < 4.78 is 0. The number of non-ortho nitro benzene ring substituents is 1. The van der Waals surface area contributed by atoms with Gasteiger partial charge in [0.1, 0.15) is 0 Å². The van der Waals surface area contributed by atoms with E-state index in [9.17, 15) is 30.3 Å². The Hall–Kier alpha value is -3.74. The summed E-state index contributed by atoms with van der Waals surface area (Å²) in [7, 11) is 0. The van der Waals surface area contributed by atoms with Crippen molar-refractivity contribution in [1.29, 1.82) is 5.41 Å². The van der Waals surface area contributed by atoms with Crippen LogP contribution in [0.2, 0.25) is 0 Å². The molecule has 27 heavy (non-hydrogen) atoms. The Labute approximate surface area is 155 Å². The first kappa shape index (κ1) is 21.3. The van der Waals surface area contributed by atoms with Gasteiger partial charge in [0.15, 0.2) is 5.17 Å². The molecule has 0 unspecified atom stereocenters. The topological polar surface area (TPSA) is 200 Å². The Balaban J connectivity index is 0.000000289. The number of phenolic OH excluding ortho intramolecular Hbond substituents is 1. The lowest BCUT2D eigenvalue weighted by molar-refractivity contribution is -0.404. The SMILES string of the molecule is N=C(N)SCc1ccccc1.O=[N+]([O-])c1cc([N+](=O)[O-])c(O)c([N+](=O)[O-])c1. The van der Waals surface area contributed by atoms with Crippen LogP contribution in [0.25, 0.3) is 0 Å². The molecular formula is C14H13N5O7S. The van der Waals surface area contributed by atoms with Gasteiger partial charge in [-0.05, 0) is 5.56 Å². The van der Waals surface area contributed by atoms with Crippen molar-refractivity contribution in [3.63, 3.8) is 0 Å². The second kappa shape index (κ2) is 9.67. The Kier molecular flexibility index (Phi) is 7.63. The van der Waals surface area contributed by atoms with Gasteiger partial charge in [-0.3, -0.25) is 35.8 Å². The van der Waals surface area contributed by atoms with Crippen LogP contribution in [0.3, 0.4) is 0 Å². The lowest BCUT2D eigenvalue weighted by atomic mass is 10.2. The molecule has 2 rings (SSSR count). The van der Waals surface area contributed by atoms with Crippen LogP contribution in [0.1, 0.15) is 5.56 Å². The van der Waals surface area contributed by atoms with E-state index in [1.54, 1.807) is 0 Å². The average Bonchev–Trinajstić information content (AvgIpc) is 2.60. The predicted molar refractivity (Wildman–Crippen MR) is 97.7 cm³/mol. The number of nitrogens with zero attached hydrogens (tertiary/aromatic N) is 3. The first-order chi connectivity index (χ1) is 12.6. The Morgan fingerprint density at radius 1 is 1.00 bits per heavy atom. The Morgan fingerprint density at radius 2 is 1.48 bits per heavy atom. The molecule has 0 atom stereocenters. The highest BCUT2D eigenvalue weighted by Crippen LogP contribution is 2.38. The summed E-state index contributed by atoms with van der Waals surface area (Å²) in [6.07, 6.45) is 0. The number of rotatable bonds is 5. The van der Waals surface area contributed by atoms with Crippen molar-refractivity contribution < 1.29 is 19.9 Å². The molecule has 0 amide bonds. The lowest BCUT2D eigenvalue weighted by Crippen LogP contribution is -2.03. The molecule has 12 nitrogen and oxygen atoms in total. The fourth-order valence-electron chi connectivity index (χ4n) is 1.71. The summed E-state index contributed by atoms with van der Waals surface area (Å²) in [5.41, 5.74) is 3.39. The fourth-order valence-corrected chi connectivity index (χ4v) is 2.22. The average molecular weight is 395 g/mol. The van der Waals surface area contributed by atoms with Gasteiger partial charge in [-0.25, -0.2) is 0 Å². The standard InChI is InChI=1S/C8H10N2S.C6H3N3O7/c9-8(10)11-6-7-4-2-1-3-5-7;10-6-4(8(13)14)1-3(7(11)12)2-5(6)9(15)16/h1-5H,6H2,(H3,9,10);1-2,10H. The van der Waals surface area contributed by atoms with Crippen molar-refractivity contribution in [2.45, 2.75) is 5.75 Å². The highest BCUT2D eigenvalue weighted by Gasteiger charge is 2.30. The van der Waals surface area contributed by atoms with E-state index in [4.69, 9.17) is 16.2 Å². The fraction of sp³-hybridized carbons (Fsp3) is 0.0714. The largest absolute Gasteiger partial charge is 0.497 e. The predicted octanol–water partition coefficient (Wildman–Crippen LogP) is 2.93. The summed E-state index contributed by atoms with van der Waals surface area (Å²) in [5, 5.41) is 47.4. The molecule has 0 heterocycles. The third kappa shape index (κ3) is 6.58. The number of nitro benzene ring substituents is 3. The maximum Gasteiger partial charge on any atom is 0.324 e. The monoisotopic (exact) mass is 395 g/mol. The summed E-state index contributed by atoms with van der Waals surface area (Å²) in [6, 6.07) is 10.9. The number of benzene rings is 2. The summed E-state index contributed by atoms with van der Waals surface area (Å²) in [5.74, 6) is -0.420. The first-order valence-corrected chi connectivity index (χ1v) is 7.93. The van der Waals surface area contributed by atoms with Crippen LogP contribution in [0.4, 0.5) is 17.1 Å². The van der Waals surface area contributed by atoms with E-state index in [2.05, 4.69) is 0 Å². The zero-order chi connectivity index (χ0) is 20.6. The number of thioether (sulfide) groups is 1. The van der Waals surface area contributed by atoms with Gasteiger partial charge in [-0.2, -0.15) is 0 Å². The molecule has 0 spiro atoms. The van der Waals surface area contributed by atoms with E-state index in [0.717, 1.165) is 5.75 Å². The van der Waals surface area contributed by atoms with E-state index in [1.165, 1.54) is 17.3 Å². The van der Waals surface area contributed by atoms with Crippen molar-refractivity contribution in [3.05, 3.63) is 78.4 Å². The van der Waals surface area contributed by atoms with Crippen LogP contribution in [-0.2, 0) is 5.75 Å². The van der Waals surface area contributed by atoms with Gasteiger partial charge in [0.25, 0.3) is 11.4 Å². The second-order valence-electron chi connectivity index (χ2n) is 4.74. The molecule has 0 aliphatic carbocycles. The number of hydrogen-bond donors (Lipinski definition) is 3. The van der Waals surface area contributed by atoms with Gasteiger partial charge in [0.2, 0.25) is 0 Å². The molecule has 13 heteroatoms. The molecule has 0 aromatic heterocycles. The van der Waals surface area contributed by atoms with E-state index < -0.39 is 37.6 Å².